The average molecular weight is 899 g/mol. The molecule has 2 nitrogen and oxygen atoms in total. The van der Waals surface area contributed by atoms with Crippen LogP contribution in [0.2, 0.25) is 19.6 Å². The molecule has 0 saturated heterocycles. The van der Waals surface area contributed by atoms with Crippen LogP contribution in [-0.2, 0) is 25.5 Å². The molecule has 1 radical (unpaired) electrons. The Morgan fingerprint density at radius 3 is 2.19 bits per heavy atom. The molecule has 0 amide bonds. The zero-order valence-corrected chi connectivity index (χ0v) is 36.0. The van der Waals surface area contributed by atoms with Crippen LogP contribution in [-0.4, -0.2) is 18.0 Å². The van der Waals surface area contributed by atoms with Crippen LogP contribution in [0.15, 0.2) is 97.3 Å². The maximum atomic E-state index is 15.0. The Labute approximate surface area is 328 Å². The van der Waals surface area contributed by atoms with Crippen LogP contribution in [0.1, 0.15) is 62.8 Å². The third kappa shape index (κ3) is 8.21. The molecule has 52 heavy (non-hydrogen) atoms. The second kappa shape index (κ2) is 15.7. The number of benzene rings is 4. The summed E-state index contributed by atoms with van der Waals surface area (Å²) < 4.78 is 17.0. The van der Waals surface area contributed by atoms with Gasteiger partial charge in [0.25, 0.3) is 0 Å². The maximum absolute atomic E-state index is 15.0. The van der Waals surface area contributed by atoms with Crippen molar-refractivity contribution in [2.45, 2.75) is 79.4 Å². The molecule has 0 bridgehead atoms. The predicted molar refractivity (Wildman–Crippen MR) is 221 cm³/mol. The number of nitrogens with zero attached hydrogens (tertiary/aromatic N) is 2. The Morgan fingerprint density at radius 1 is 0.827 bits per heavy atom. The second-order valence-corrected chi connectivity index (χ2v) is 21.9. The van der Waals surface area contributed by atoms with Crippen LogP contribution >= 0.6 is 11.3 Å². The van der Waals surface area contributed by atoms with Crippen molar-refractivity contribution in [3.05, 3.63) is 138 Å². The molecule has 0 fully saturated rings. The van der Waals surface area contributed by atoms with Crippen molar-refractivity contribution in [2.75, 3.05) is 0 Å². The van der Waals surface area contributed by atoms with Gasteiger partial charge in [0, 0.05) is 43.0 Å². The summed E-state index contributed by atoms with van der Waals surface area (Å²) in [5, 5.41) is 3.08. The van der Waals surface area contributed by atoms with Crippen LogP contribution in [0, 0.1) is 31.8 Å². The number of thiophene rings is 1. The number of rotatable bonds is 5. The minimum absolute atomic E-state index is 0. The largest absolute Gasteiger partial charge is 0.305 e. The molecule has 7 aromatic rings. The van der Waals surface area contributed by atoms with Crippen molar-refractivity contribution in [3.8, 4) is 33.6 Å². The number of aromatic nitrogens is 2. The van der Waals surface area contributed by atoms with E-state index in [9.17, 15) is 0 Å². The average Bonchev–Trinajstić information content (AvgIpc) is 3.48. The van der Waals surface area contributed by atoms with Gasteiger partial charge in [-0.25, -0.2) is 0 Å². The van der Waals surface area contributed by atoms with Crippen molar-refractivity contribution in [1.82, 2.24) is 9.97 Å². The Kier molecular flexibility index (Phi) is 11.9. The van der Waals surface area contributed by atoms with E-state index < -0.39 is 8.07 Å². The van der Waals surface area contributed by atoms with Gasteiger partial charge in [-0.1, -0.05) is 102 Å². The monoisotopic (exact) mass is 899 g/mol. The molecule has 269 valence electrons. The van der Waals surface area contributed by atoms with Gasteiger partial charge < -0.3 is 9.97 Å². The minimum atomic E-state index is -1.34. The van der Waals surface area contributed by atoms with Crippen molar-refractivity contribution in [1.29, 1.82) is 0 Å². The van der Waals surface area contributed by atoms with E-state index in [4.69, 9.17) is 0 Å². The van der Waals surface area contributed by atoms with Crippen LogP contribution in [0.25, 0.3) is 53.8 Å². The zero-order chi connectivity index (χ0) is 36.7. The predicted octanol–water partition coefficient (Wildman–Crippen LogP) is 12.9. The fourth-order valence-corrected chi connectivity index (χ4v) is 9.65. The van der Waals surface area contributed by atoms with Gasteiger partial charge >= 0.3 is 0 Å². The number of aryl methyl sites for hydroxylation is 2. The van der Waals surface area contributed by atoms with Crippen LogP contribution in [0.3, 0.4) is 0 Å². The van der Waals surface area contributed by atoms with Crippen LogP contribution in [0.4, 0.5) is 4.39 Å². The smallest absolute Gasteiger partial charge is 0.0799 e. The Morgan fingerprint density at radius 2 is 1.56 bits per heavy atom. The van der Waals surface area contributed by atoms with E-state index in [1.165, 1.54) is 44.6 Å². The summed E-state index contributed by atoms with van der Waals surface area (Å²) in [6.07, 6.45) is 3.93. The van der Waals surface area contributed by atoms with E-state index >= 15 is 4.39 Å². The summed E-state index contributed by atoms with van der Waals surface area (Å²) in [6, 6.07) is 35.0. The van der Waals surface area contributed by atoms with Gasteiger partial charge in [-0.15, -0.1) is 53.6 Å². The Balaban J connectivity index is 0.000000225. The molecule has 0 aliphatic carbocycles. The first-order valence-electron chi connectivity index (χ1n) is 17.7. The first-order chi connectivity index (χ1) is 24.1. The number of fused-ring (bicyclic) bond motifs is 3. The molecular weight excluding hydrogens is 852 g/mol. The summed E-state index contributed by atoms with van der Waals surface area (Å²) in [5.74, 6) is 0.300. The third-order valence-corrected chi connectivity index (χ3v) is 12.7. The standard InChI is InChI=1S/C29H25FNS.C17H22NSi.Ir/c1-17-7-6-8-18(2)26(17)19-9-10-22-25(15-19)32-28-21(11-12-23(30)27(22)28)24-16-20(13-14-31-24)29(3,4)5;1-13(2)15-11-16(14-9-7-6-8-10-14)18-12-17(15)19(3,4)5;/h6-10,12-16H,1-5H3;6-9,11-13H,1-5H3;/q2*-1;. The molecule has 0 saturated carbocycles. The van der Waals surface area contributed by atoms with Gasteiger partial charge in [-0.3, -0.25) is 4.39 Å². The first kappa shape index (κ1) is 39.4. The molecule has 0 atom stereocenters. The summed E-state index contributed by atoms with van der Waals surface area (Å²) in [5.41, 5.74) is 11.4. The van der Waals surface area contributed by atoms with Crippen molar-refractivity contribution in [3.63, 3.8) is 0 Å². The summed E-state index contributed by atoms with van der Waals surface area (Å²) in [7, 11) is -1.34. The summed E-state index contributed by atoms with van der Waals surface area (Å²) in [4.78, 5) is 9.28. The molecule has 4 aromatic carbocycles. The van der Waals surface area contributed by atoms with E-state index in [0.29, 0.717) is 11.3 Å². The first-order valence-corrected chi connectivity index (χ1v) is 22.0. The molecule has 3 heterocycles. The number of hydrogen-bond donors (Lipinski definition) is 0. The van der Waals surface area contributed by atoms with Gasteiger partial charge in [0.15, 0.2) is 0 Å². The van der Waals surface area contributed by atoms with E-state index in [1.807, 2.05) is 30.5 Å². The zero-order valence-electron chi connectivity index (χ0n) is 31.8. The fraction of sp³-hybridized carbons (Fsp3) is 0.261. The molecule has 0 aliphatic heterocycles. The van der Waals surface area contributed by atoms with Crippen molar-refractivity contribution in [2.24, 2.45) is 0 Å². The van der Waals surface area contributed by atoms with Crippen LogP contribution < -0.4 is 5.19 Å². The number of halogens is 1. The molecule has 3 aromatic heterocycles. The van der Waals surface area contributed by atoms with E-state index in [1.54, 1.807) is 11.3 Å². The Bertz CT molecular complexity index is 2330. The van der Waals surface area contributed by atoms with Crippen LogP contribution in [0.5, 0.6) is 0 Å². The molecular formula is C46H47FIrN2SSi-2. The molecule has 0 spiro atoms. The molecule has 0 aliphatic rings. The number of pyridine rings is 2. The number of hydrogen-bond acceptors (Lipinski definition) is 3. The topological polar surface area (TPSA) is 25.8 Å². The van der Waals surface area contributed by atoms with E-state index in [0.717, 1.165) is 37.3 Å². The van der Waals surface area contributed by atoms with Gasteiger partial charge in [-0.05, 0) is 97.2 Å². The van der Waals surface area contributed by atoms with Gasteiger partial charge in [-0.2, -0.15) is 11.3 Å². The van der Waals surface area contributed by atoms with Crippen molar-refractivity contribution >= 4 is 44.8 Å². The minimum Gasteiger partial charge on any atom is -0.305 e. The Hall–Kier alpha value is -3.80. The van der Waals surface area contributed by atoms with Gasteiger partial charge in [0.1, 0.15) is 0 Å². The van der Waals surface area contributed by atoms with E-state index in [-0.39, 0.29) is 31.3 Å². The second-order valence-electron chi connectivity index (χ2n) is 15.8. The fourth-order valence-electron chi connectivity index (χ4n) is 6.71. The normalized spacial score (nSPS) is 11.8. The van der Waals surface area contributed by atoms with Gasteiger partial charge in [0.2, 0.25) is 0 Å². The van der Waals surface area contributed by atoms with Crippen molar-refractivity contribution < 1.29 is 24.5 Å². The molecule has 0 N–H and O–H groups in total. The summed E-state index contributed by atoms with van der Waals surface area (Å²) >= 11 is 1.62. The van der Waals surface area contributed by atoms with E-state index in [2.05, 4.69) is 151 Å². The van der Waals surface area contributed by atoms with Gasteiger partial charge in [0.05, 0.1) is 8.07 Å². The molecule has 7 rings (SSSR count). The SMILES string of the molecule is CC(C)c1cc(-c2[c-]cccc2)ncc1[Si](C)(C)C.Cc1cccc(C)c1-c1ccc2c(c1)sc1c(-c3cc(C(C)(C)C)ccn3)[c-]cc(F)c12.[Ir]. The third-order valence-electron chi connectivity index (χ3n) is 9.50. The summed E-state index contributed by atoms with van der Waals surface area (Å²) in [6.45, 7) is 22.5. The molecule has 0 unspecified atom stereocenters. The maximum Gasteiger partial charge on any atom is 0.0799 e. The quantitative estimate of drug-likeness (QED) is 0.127. The molecule has 6 heteroatoms.